The molecule has 0 fully saturated rings. The van der Waals surface area contributed by atoms with Gasteiger partial charge < -0.3 is 5.32 Å². The molecule has 0 saturated carbocycles. The van der Waals surface area contributed by atoms with Gasteiger partial charge in [-0.15, -0.1) is 11.3 Å². The molecule has 2 N–H and O–H groups in total. The number of carbonyl (C=O) groups excluding carboxylic acids is 1. The van der Waals surface area contributed by atoms with E-state index in [4.69, 9.17) is 5.26 Å². The number of nitriles is 1. The summed E-state index contributed by atoms with van der Waals surface area (Å²) in [4.78, 5) is 17.7. The van der Waals surface area contributed by atoms with Crippen molar-refractivity contribution in [1.29, 1.82) is 5.26 Å². The van der Waals surface area contributed by atoms with Crippen LogP contribution in [0, 0.1) is 11.3 Å². The van der Waals surface area contributed by atoms with Crippen molar-refractivity contribution >= 4 is 28.2 Å². The highest BCUT2D eigenvalue weighted by molar-refractivity contribution is 7.15. The maximum Gasteiger partial charge on any atom is 0.325 e. The molecule has 1 aromatic carbocycles. The second-order valence-corrected chi connectivity index (χ2v) is 5.95. The molecule has 106 valence electrons. The molecule has 0 bridgehead atoms. The molecule has 0 aliphatic heterocycles. The summed E-state index contributed by atoms with van der Waals surface area (Å²) < 4.78 is 0. The van der Waals surface area contributed by atoms with Gasteiger partial charge in [-0.25, -0.2) is 9.78 Å². The Balaban J connectivity index is 1.63. The van der Waals surface area contributed by atoms with Crippen LogP contribution < -0.4 is 10.6 Å². The van der Waals surface area contributed by atoms with Crippen molar-refractivity contribution in [2.75, 3.05) is 10.6 Å². The molecule has 1 aliphatic carbocycles. The highest BCUT2D eigenvalue weighted by atomic mass is 32.1. The molecule has 0 unspecified atom stereocenters. The molecular formula is C15H14N4OS. The molecule has 2 amide bonds. The number of urea groups is 1. The Morgan fingerprint density at radius 3 is 2.67 bits per heavy atom. The molecule has 2 aromatic rings. The maximum atomic E-state index is 11.9. The van der Waals surface area contributed by atoms with Crippen LogP contribution in [0.25, 0.3) is 0 Å². The second-order valence-electron chi connectivity index (χ2n) is 4.86. The molecular weight excluding hydrogens is 284 g/mol. The fourth-order valence-corrected chi connectivity index (χ4v) is 3.34. The van der Waals surface area contributed by atoms with Gasteiger partial charge in [-0.1, -0.05) is 0 Å². The van der Waals surface area contributed by atoms with Crippen LogP contribution >= 0.6 is 11.3 Å². The van der Waals surface area contributed by atoms with E-state index in [0.717, 1.165) is 18.5 Å². The minimum absolute atomic E-state index is 0.314. The number of rotatable bonds is 2. The second kappa shape index (κ2) is 5.94. The Kier molecular flexibility index (Phi) is 3.84. The number of aryl methyl sites for hydroxylation is 2. The lowest BCUT2D eigenvalue weighted by molar-refractivity contribution is 0.262. The van der Waals surface area contributed by atoms with Crippen LogP contribution in [0.2, 0.25) is 0 Å². The Morgan fingerprint density at radius 2 is 1.95 bits per heavy atom. The van der Waals surface area contributed by atoms with Gasteiger partial charge in [-0.05, 0) is 49.9 Å². The van der Waals surface area contributed by atoms with Crippen molar-refractivity contribution in [1.82, 2.24) is 4.98 Å². The Hall–Kier alpha value is -2.39. The van der Waals surface area contributed by atoms with E-state index in [1.807, 2.05) is 6.07 Å². The average molecular weight is 298 g/mol. The summed E-state index contributed by atoms with van der Waals surface area (Å²) in [6.45, 7) is 0. The normalized spacial score (nSPS) is 13.1. The van der Waals surface area contributed by atoms with Gasteiger partial charge in [0.25, 0.3) is 0 Å². The van der Waals surface area contributed by atoms with E-state index < -0.39 is 0 Å². The lowest BCUT2D eigenvalue weighted by atomic mass is 10.0. The predicted octanol–water partition coefficient (Wildman–Crippen LogP) is 3.54. The lowest BCUT2D eigenvalue weighted by Crippen LogP contribution is -2.19. The highest BCUT2D eigenvalue weighted by Gasteiger charge is 2.16. The Bertz CT molecular complexity index is 676. The monoisotopic (exact) mass is 298 g/mol. The van der Waals surface area contributed by atoms with Crippen molar-refractivity contribution in [3.8, 4) is 6.07 Å². The number of carbonyl (C=O) groups is 1. The molecule has 0 atom stereocenters. The third-order valence-electron chi connectivity index (χ3n) is 3.34. The molecule has 0 radical (unpaired) electrons. The first kappa shape index (κ1) is 13.6. The summed E-state index contributed by atoms with van der Waals surface area (Å²) in [5.74, 6) is 0. The SMILES string of the molecule is N#Cc1ccc(NC(=O)Nc2nc3c(s2)CCCC3)cc1. The van der Waals surface area contributed by atoms with E-state index in [1.54, 1.807) is 35.6 Å². The Morgan fingerprint density at radius 1 is 1.19 bits per heavy atom. The van der Waals surface area contributed by atoms with Gasteiger partial charge in [0.05, 0.1) is 17.3 Å². The fraction of sp³-hybridized carbons (Fsp3) is 0.267. The van der Waals surface area contributed by atoms with Crippen LogP contribution in [0.4, 0.5) is 15.6 Å². The predicted molar refractivity (Wildman–Crippen MR) is 82.6 cm³/mol. The molecule has 6 heteroatoms. The number of thiazole rings is 1. The van der Waals surface area contributed by atoms with E-state index >= 15 is 0 Å². The topological polar surface area (TPSA) is 77.8 Å². The first-order chi connectivity index (χ1) is 10.2. The van der Waals surface area contributed by atoms with Crippen molar-refractivity contribution in [2.45, 2.75) is 25.7 Å². The average Bonchev–Trinajstić information content (AvgIpc) is 2.90. The molecule has 1 aliphatic rings. The number of aromatic nitrogens is 1. The van der Waals surface area contributed by atoms with Crippen molar-refractivity contribution in [3.63, 3.8) is 0 Å². The van der Waals surface area contributed by atoms with E-state index in [1.165, 1.54) is 17.7 Å². The zero-order valence-corrected chi connectivity index (χ0v) is 12.2. The molecule has 0 saturated heterocycles. The Labute approximate surface area is 126 Å². The molecule has 1 aromatic heterocycles. The van der Waals surface area contributed by atoms with Gasteiger partial charge in [0.15, 0.2) is 5.13 Å². The van der Waals surface area contributed by atoms with Crippen LogP contribution in [0.5, 0.6) is 0 Å². The van der Waals surface area contributed by atoms with Gasteiger partial charge >= 0.3 is 6.03 Å². The van der Waals surface area contributed by atoms with Gasteiger partial charge in [-0.3, -0.25) is 5.32 Å². The van der Waals surface area contributed by atoms with Crippen LogP contribution in [0.1, 0.15) is 29.0 Å². The molecule has 21 heavy (non-hydrogen) atoms. The van der Waals surface area contributed by atoms with Gasteiger partial charge in [0.1, 0.15) is 0 Å². The lowest BCUT2D eigenvalue weighted by Gasteiger charge is -2.06. The van der Waals surface area contributed by atoms with E-state index in [-0.39, 0.29) is 6.03 Å². The summed E-state index contributed by atoms with van der Waals surface area (Å²) in [5.41, 5.74) is 2.33. The van der Waals surface area contributed by atoms with Gasteiger partial charge in [-0.2, -0.15) is 5.26 Å². The summed E-state index contributed by atoms with van der Waals surface area (Å²) in [5, 5.41) is 14.9. The number of nitrogens with one attached hydrogen (secondary N) is 2. The van der Waals surface area contributed by atoms with E-state index in [9.17, 15) is 4.79 Å². The standard InChI is InChI=1S/C15H14N4OS/c16-9-10-5-7-11(8-6-10)17-14(20)19-15-18-12-3-1-2-4-13(12)21-15/h5-8H,1-4H2,(H2,17,18,19,20). The van der Waals surface area contributed by atoms with Crippen LogP contribution in [0.3, 0.4) is 0 Å². The van der Waals surface area contributed by atoms with Crippen LogP contribution in [-0.4, -0.2) is 11.0 Å². The van der Waals surface area contributed by atoms with Gasteiger partial charge in [0, 0.05) is 10.6 Å². The summed E-state index contributed by atoms with van der Waals surface area (Å²) in [6, 6.07) is 8.45. The first-order valence-electron chi connectivity index (χ1n) is 6.81. The minimum atomic E-state index is -0.314. The summed E-state index contributed by atoms with van der Waals surface area (Å²) in [7, 11) is 0. The number of benzene rings is 1. The molecule has 0 spiro atoms. The number of hydrogen-bond acceptors (Lipinski definition) is 4. The third kappa shape index (κ3) is 3.20. The largest absolute Gasteiger partial charge is 0.325 e. The molecule has 5 nitrogen and oxygen atoms in total. The van der Waals surface area contributed by atoms with Crippen molar-refractivity contribution < 1.29 is 4.79 Å². The number of anilines is 2. The highest BCUT2D eigenvalue weighted by Crippen LogP contribution is 2.29. The van der Waals surface area contributed by atoms with Crippen LogP contribution in [-0.2, 0) is 12.8 Å². The smallest absolute Gasteiger partial charge is 0.308 e. The zero-order valence-electron chi connectivity index (χ0n) is 11.3. The van der Waals surface area contributed by atoms with Crippen molar-refractivity contribution in [2.24, 2.45) is 0 Å². The van der Waals surface area contributed by atoms with E-state index in [0.29, 0.717) is 16.4 Å². The van der Waals surface area contributed by atoms with Crippen molar-refractivity contribution in [3.05, 3.63) is 40.4 Å². The van der Waals surface area contributed by atoms with E-state index in [2.05, 4.69) is 15.6 Å². The third-order valence-corrected chi connectivity index (χ3v) is 4.41. The van der Waals surface area contributed by atoms with Crippen LogP contribution in [0.15, 0.2) is 24.3 Å². The zero-order chi connectivity index (χ0) is 14.7. The number of fused-ring (bicyclic) bond motifs is 1. The fourth-order valence-electron chi connectivity index (χ4n) is 2.29. The maximum absolute atomic E-state index is 11.9. The first-order valence-corrected chi connectivity index (χ1v) is 7.63. The summed E-state index contributed by atoms with van der Waals surface area (Å²) in [6.07, 6.45) is 4.44. The number of hydrogen-bond donors (Lipinski definition) is 2. The number of nitrogens with zero attached hydrogens (tertiary/aromatic N) is 2. The quantitative estimate of drug-likeness (QED) is 0.890. The number of amides is 2. The summed E-state index contributed by atoms with van der Waals surface area (Å²) >= 11 is 1.55. The molecule has 1 heterocycles. The molecule has 3 rings (SSSR count). The van der Waals surface area contributed by atoms with Gasteiger partial charge in [0.2, 0.25) is 0 Å². The minimum Gasteiger partial charge on any atom is -0.308 e.